The minimum Gasteiger partial charge on any atom is -0.486 e. The fourth-order valence-corrected chi connectivity index (χ4v) is 4.76. The van der Waals surface area contributed by atoms with Crippen LogP contribution in [-0.4, -0.2) is 84.6 Å². The van der Waals surface area contributed by atoms with Gasteiger partial charge in [0.25, 0.3) is 0 Å². The van der Waals surface area contributed by atoms with Crippen LogP contribution in [0, 0.1) is 6.92 Å². The van der Waals surface area contributed by atoms with Gasteiger partial charge < -0.3 is 19.9 Å². The van der Waals surface area contributed by atoms with Crippen LogP contribution in [0.1, 0.15) is 12.5 Å². The molecule has 4 rings (SSSR count). The quantitative estimate of drug-likeness (QED) is 0.574. The molecule has 0 aromatic heterocycles. The predicted octanol–water partition coefficient (Wildman–Crippen LogP) is 2.86. The summed E-state index contributed by atoms with van der Waals surface area (Å²) in [5.41, 5.74) is 1.92. The van der Waals surface area contributed by atoms with Crippen molar-refractivity contribution in [1.29, 1.82) is 0 Å². The second-order valence-electron chi connectivity index (χ2n) is 8.57. The lowest BCUT2D eigenvalue weighted by molar-refractivity contribution is -0.117. The van der Waals surface area contributed by atoms with Crippen molar-refractivity contribution in [2.75, 3.05) is 56.9 Å². The van der Waals surface area contributed by atoms with Crippen molar-refractivity contribution < 1.29 is 19.4 Å². The van der Waals surface area contributed by atoms with E-state index in [4.69, 9.17) is 9.47 Å². The van der Waals surface area contributed by atoms with Crippen molar-refractivity contribution in [2.45, 2.75) is 31.0 Å². The molecule has 1 amide bonds. The molecular weight excluding hydrogens is 438 g/mol. The van der Waals surface area contributed by atoms with Crippen molar-refractivity contribution >= 4 is 23.4 Å². The number of benzene rings is 2. The van der Waals surface area contributed by atoms with Gasteiger partial charge in [0, 0.05) is 43.3 Å². The van der Waals surface area contributed by atoms with Crippen molar-refractivity contribution in [2.24, 2.45) is 0 Å². The normalized spacial score (nSPS) is 19.8. The van der Waals surface area contributed by atoms with Crippen LogP contribution in [0.25, 0.3) is 0 Å². The summed E-state index contributed by atoms with van der Waals surface area (Å²) in [7, 11) is 0. The molecule has 0 aliphatic carbocycles. The van der Waals surface area contributed by atoms with Gasteiger partial charge in [-0.3, -0.25) is 14.6 Å². The van der Waals surface area contributed by atoms with Gasteiger partial charge in [-0.15, -0.1) is 11.8 Å². The number of ether oxygens (including phenoxy) is 2. The number of nitrogens with zero attached hydrogens (tertiary/aromatic N) is 2. The Labute approximate surface area is 200 Å². The first-order valence-electron chi connectivity index (χ1n) is 11.6. The molecule has 0 radical (unpaired) electrons. The van der Waals surface area contributed by atoms with Crippen LogP contribution in [0.4, 0.5) is 5.69 Å². The molecule has 2 aromatic rings. The molecule has 0 saturated carbocycles. The maximum Gasteiger partial charge on any atom is 0.238 e. The van der Waals surface area contributed by atoms with Crippen LogP contribution in [0.5, 0.6) is 11.5 Å². The van der Waals surface area contributed by atoms with E-state index in [2.05, 4.69) is 22.0 Å². The van der Waals surface area contributed by atoms with E-state index in [9.17, 15) is 9.90 Å². The highest BCUT2D eigenvalue weighted by Crippen LogP contribution is 2.33. The Kier molecular flexibility index (Phi) is 8.14. The molecule has 2 aliphatic heterocycles. The Bertz CT molecular complexity index is 932. The molecule has 2 atom stereocenters. The first-order chi connectivity index (χ1) is 16.0. The summed E-state index contributed by atoms with van der Waals surface area (Å²) < 4.78 is 11.8. The monoisotopic (exact) mass is 471 g/mol. The number of rotatable bonds is 8. The van der Waals surface area contributed by atoms with Gasteiger partial charge in [-0.1, -0.05) is 13.0 Å². The Morgan fingerprint density at radius 3 is 2.58 bits per heavy atom. The number of carbonyl (C=O) groups excluding carboxylic acids is 1. The average molecular weight is 472 g/mol. The number of fused-ring (bicyclic) bond motifs is 1. The molecule has 7 nitrogen and oxygen atoms in total. The number of thioether (sulfide) groups is 1. The van der Waals surface area contributed by atoms with E-state index in [0.29, 0.717) is 25.4 Å². The standard InChI is InChI=1S/C25H33N3O4S/c1-3-33-20-7-5-19(6-8-20)26-25(30)16-28-12-10-27(11-13-28)15-21(29)24-17-31-22-9-4-18(2)14-23(22)32-24/h4-9,14,21,24,29H,3,10-13,15-17H2,1-2H3,(H,26,30). The number of amides is 1. The van der Waals surface area contributed by atoms with Gasteiger partial charge in [-0.05, 0) is 54.6 Å². The van der Waals surface area contributed by atoms with E-state index >= 15 is 0 Å². The number of carbonyl (C=O) groups is 1. The second kappa shape index (κ2) is 11.2. The summed E-state index contributed by atoms with van der Waals surface area (Å²) in [6.07, 6.45) is -1.02. The van der Waals surface area contributed by atoms with E-state index in [1.165, 1.54) is 4.90 Å². The highest BCUT2D eigenvalue weighted by Gasteiger charge is 2.30. The summed E-state index contributed by atoms with van der Waals surface area (Å²) in [5.74, 6) is 2.46. The van der Waals surface area contributed by atoms with E-state index in [0.717, 1.165) is 48.9 Å². The number of nitrogens with one attached hydrogen (secondary N) is 1. The maximum absolute atomic E-state index is 12.4. The number of aliphatic hydroxyl groups excluding tert-OH is 1. The maximum atomic E-state index is 12.4. The molecule has 0 spiro atoms. The molecule has 2 N–H and O–H groups in total. The molecule has 2 unspecified atom stereocenters. The third-order valence-electron chi connectivity index (χ3n) is 5.94. The zero-order valence-corrected chi connectivity index (χ0v) is 20.1. The molecular formula is C25H33N3O4S. The lowest BCUT2D eigenvalue weighted by atomic mass is 10.1. The van der Waals surface area contributed by atoms with E-state index < -0.39 is 6.10 Å². The smallest absolute Gasteiger partial charge is 0.238 e. The van der Waals surface area contributed by atoms with Gasteiger partial charge >= 0.3 is 0 Å². The van der Waals surface area contributed by atoms with Crippen molar-refractivity contribution in [3.05, 3.63) is 48.0 Å². The summed E-state index contributed by atoms with van der Waals surface area (Å²) in [6, 6.07) is 13.8. The zero-order valence-electron chi connectivity index (χ0n) is 19.3. The number of aryl methyl sites for hydroxylation is 1. The molecule has 33 heavy (non-hydrogen) atoms. The summed E-state index contributed by atoms with van der Waals surface area (Å²) in [4.78, 5) is 18.0. The van der Waals surface area contributed by atoms with Crippen LogP contribution >= 0.6 is 11.8 Å². The van der Waals surface area contributed by atoms with Crippen LogP contribution in [0.15, 0.2) is 47.4 Å². The number of hydrogen-bond acceptors (Lipinski definition) is 7. The van der Waals surface area contributed by atoms with E-state index in [1.807, 2.05) is 49.4 Å². The highest BCUT2D eigenvalue weighted by atomic mass is 32.2. The van der Waals surface area contributed by atoms with Gasteiger partial charge in [-0.2, -0.15) is 0 Å². The number of hydrogen-bond donors (Lipinski definition) is 2. The minimum absolute atomic E-state index is 0.00101. The fourth-order valence-electron chi connectivity index (χ4n) is 4.10. The van der Waals surface area contributed by atoms with E-state index in [-0.39, 0.29) is 12.0 Å². The molecule has 2 aliphatic rings. The first kappa shape index (κ1) is 23.9. The van der Waals surface area contributed by atoms with Crippen molar-refractivity contribution in [3.63, 3.8) is 0 Å². The highest BCUT2D eigenvalue weighted by molar-refractivity contribution is 7.99. The van der Waals surface area contributed by atoms with Crippen LogP contribution in [-0.2, 0) is 4.79 Å². The van der Waals surface area contributed by atoms with Gasteiger partial charge in [-0.25, -0.2) is 0 Å². The zero-order chi connectivity index (χ0) is 23.2. The summed E-state index contributed by atoms with van der Waals surface area (Å²) >= 11 is 1.78. The molecule has 2 heterocycles. The topological polar surface area (TPSA) is 74.3 Å². The molecule has 0 bridgehead atoms. The van der Waals surface area contributed by atoms with E-state index in [1.54, 1.807) is 11.8 Å². The van der Waals surface area contributed by atoms with Crippen LogP contribution in [0.2, 0.25) is 0 Å². The number of piperazine rings is 1. The predicted molar refractivity (Wildman–Crippen MR) is 131 cm³/mol. The van der Waals surface area contributed by atoms with Gasteiger partial charge in [0.05, 0.1) is 6.54 Å². The molecule has 1 fully saturated rings. The number of β-amino-alcohol motifs (C(OH)–C–C–N with tert-alkyl or cyclic N) is 1. The third-order valence-corrected chi connectivity index (χ3v) is 6.83. The molecule has 8 heteroatoms. The lowest BCUT2D eigenvalue weighted by Crippen LogP contribution is -2.53. The minimum atomic E-state index is -0.637. The average Bonchev–Trinajstić information content (AvgIpc) is 2.81. The Morgan fingerprint density at radius 2 is 1.85 bits per heavy atom. The second-order valence-corrected chi connectivity index (χ2v) is 9.90. The third kappa shape index (κ3) is 6.63. The lowest BCUT2D eigenvalue weighted by Gasteiger charge is -2.37. The number of aliphatic hydroxyl groups is 1. The number of anilines is 1. The Hall–Kier alpha value is -2.26. The SMILES string of the molecule is CCSc1ccc(NC(=O)CN2CCN(CC(O)C3COc4ccc(C)cc4O3)CC2)cc1. The summed E-state index contributed by atoms with van der Waals surface area (Å²) in [6.45, 7) is 8.55. The van der Waals surface area contributed by atoms with Gasteiger partial charge in [0.2, 0.25) is 5.91 Å². The Morgan fingerprint density at radius 1 is 1.12 bits per heavy atom. The molecule has 2 aromatic carbocycles. The van der Waals surface area contributed by atoms with Crippen molar-refractivity contribution in [3.8, 4) is 11.5 Å². The largest absolute Gasteiger partial charge is 0.486 e. The van der Waals surface area contributed by atoms with Gasteiger partial charge in [0.15, 0.2) is 17.6 Å². The van der Waals surface area contributed by atoms with Crippen LogP contribution in [0.3, 0.4) is 0 Å². The fraction of sp³-hybridized carbons (Fsp3) is 0.480. The van der Waals surface area contributed by atoms with Crippen LogP contribution < -0.4 is 14.8 Å². The molecule has 178 valence electrons. The molecule has 1 saturated heterocycles. The first-order valence-corrected chi connectivity index (χ1v) is 12.5. The van der Waals surface area contributed by atoms with Gasteiger partial charge in [0.1, 0.15) is 12.7 Å². The Balaban J connectivity index is 1.18. The van der Waals surface area contributed by atoms with Crippen molar-refractivity contribution in [1.82, 2.24) is 9.80 Å². The summed E-state index contributed by atoms with van der Waals surface area (Å²) in [5, 5.41) is 13.7.